The number of benzene rings is 2. The number of ketones is 1. The molecule has 7 heteroatoms. The number of aromatic nitrogens is 5. The van der Waals surface area contributed by atoms with E-state index in [1.165, 1.54) is 11.8 Å². The van der Waals surface area contributed by atoms with Gasteiger partial charge in [-0.2, -0.15) is 4.68 Å². The lowest BCUT2D eigenvalue weighted by Crippen LogP contribution is -2.15. The molecule has 0 radical (unpaired) electrons. The summed E-state index contributed by atoms with van der Waals surface area (Å²) in [5, 5.41) is 13.4. The fourth-order valence-corrected chi connectivity index (χ4v) is 4.22. The molecule has 6 nitrogen and oxygen atoms in total. The van der Waals surface area contributed by atoms with Crippen molar-refractivity contribution in [2.75, 3.05) is 0 Å². The second-order valence-corrected chi connectivity index (χ2v) is 8.27. The fourth-order valence-electron chi connectivity index (χ4n) is 3.36. The maximum Gasteiger partial charge on any atom is 0.214 e. The number of carbonyl (C=O) groups excluding carboxylic acids is 1. The predicted octanol–water partition coefficient (Wildman–Crippen LogP) is 4.43. The number of carbonyl (C=O) groups is 1. The fraction of sp³-hybridized carbons (Fsp3) is 0.238. The zero-order chi connectivity index (χ0) is 19.8. The zero-order valence-electron chi connectivity index (χ0n) is 16.2. The highest BCUT2D eigenvalue weighted by atomic mass is 32.2. The number of nitrogens with zero attached hydrogens (tertiary/aromatic N) is 4. The van der Waals surface area contributed by atoms with Crippen molar-refractivity contribution in [1.82, 2.24) is 25.2 Å². The highest BCUT2D eigenvalue weighted by Crippen LogP contribution is 2.30. The molecule has 142 valence electrons. The Morgan fingerprint density at radius 2 is 1.93 bits per heavy atom. The molecule has 2 aromatic carbocycles. The van der Waals surface area contributed by atoms with Crippen molar-refractivity contribution in [2.45, 2.75) is 38.1 Å². The Hall–Kier alpha value is -2.93. The van der Waals surface area contributed by atoms with Gasteiger partial charge in [-0.3, -0.25) is 4.79 Å². The van der Waals surface area contributed by atoms with E-state index in [9.17, 15) is 4.79 Å². The molecular formula is C21H21N5OS. The Kier molecular flexibility index (Phi) is 4.77. The molecular weight excluding hydrogens is 370 g/mol. The molecule has 1 atom stereocenters. The second kappa shape index (κ2) is 7.24. The van der Waals surface area contributed by atoms with Crippen LogP contribution in [0, 0.1) is 20.8 Å². The smallest absolute Gasteiger partial charge is 0.214 e. The van der Waals surface area contributed by atoms with Gasteiger partial charge in [0.1, 0.15) is 0 Å². The van der Waals surface area contributed by atoms with E-state index in [1.807, 2.05) is 64.1 Å². The van der Waals surface area contributed by atoms with Crippen molar-refractivity contribution in [1.29, 1.82) is 0 Å². The maximum absolute atomic E-state index is 13.2. The van der Waals surface area contributed by atoms with Gasteiger partial charge >= 0.3 is 0 Å². The highest BCUT2D eigenvalue weighted by Gasteiger charge is 2.24. The van der Waals surface area contributed by atoms with Gasteiger partial charge in [0, 0.05) is 22.2 Å². The lowest BCUT2D eigenvalue weighted by molar-refractivity contribution is 0.0995. The van der Waals surface area contributed by atoms with Gasteiger partial charge < -0.3 is 4.98 Å². The summed E-state index contributed by atoms with van der Waals surface area (Å²) in [6.07, 6.45) is 0. The number of fused-ring (bicyclic) bond motifs is 1. The molecule has 0 saturated heterocycles. The molecule has 2 aromatic heterocycles. The van der Waals surface area contributed by atoms with Crippen molar-refractivity contribution in [3.05, 3.63) is 64.8 Å². The topological polar surface area (TPSA) is 76.5 Å². The molecule has 0 amide bonds. The van der Waals surface area contributed by atoms with Gasteiger partial charge in [0.15, 0.2) is 5.78 Å². The van der Waals surface area contributed by atoms with Gasteiger partial charge in [-0.15, -0.1) is 5.10 Å². The summed E-state index contributed by atoms with van der Waals surface area (Å²) in [4.78, 5) is 16.5. The molecule has 1 N–H and O–H groups in total. The lowest BCUT2D eigenvalue weighted by Gasteiger charge is -2.12. The van der Waals surface area contributed by atoms with Crippen LogP contribution >= 0.6 is 11.8 Å². The first-order chi connectivity index (χ1) is 13.5. The van der Waals surface area contributed by atoms with E-state index < -0.39 is 0 Å². The van der Waals surface area contributed by atoms with Crippen molar-refractivity contribution in [2.24, 2.45) is 0 Å². The zero-order valence-corrected chi connectivity index (χ0v) is 17.0. The van der Waals surface area contributed by atoms with Crippen LogP contribution in [0.2, 0.25) is 0 Å². The van der Waals surface area contributed by atoms with Gasteiger partial charge in [-0.25, -0.2) is 0 Å². The predicted molar refractivity (Wildman–Crippen MR) is 111 cm³/mol. The first kappa shape index (κ1) is 18.4. The number of aromatic amines is 1. The van der Waals surface area contributed by atoms with Crippen LogP contribution < -0.4 is 0 Å². The number of aryl methyl sites for hydroxylation is 3. The molecule has 0 saturated carbocycles. The Morgan fingerprint density at radius 3 is 2.75 bits per heavy atom. The van der Waals surface area contributed by atoms with E-state index in [0.717, 1.165) is 39.0 Å². The maximum atomic E-state index is 13.2. The van der Waals surface area contributed by atoms with E-state index in [1.54, 1.807) is 4.68 Å². The highest BCUT2D eigenvalue weighted by molar-refractivity contribution is 8.00. The number of rotatable bonds is 5. The van der Waals surface area contributed by atoms with Gasteiger partial charge in [0.05, 0.1) is 10.9 Å². The molecule has 4 aromatic rings. The molecule has 0 bridgehead atoms. The van der Waals surface area contributed by atoms with Crippen molar-refractivity contribution >= 4 is 28.4 Å². The summed E-state index contributed by atoms with van der Waals surface area (Å²) in [7, 11) is 0. The Balaban J connectivity index is 1.65. The number of tetrazole rings is 1. The third-order valence-corrected chi connectivity index (χ3v) is 5.86. The minimum Gasteiger partial charge on any atom is -0.358 e. The van der Waals surface area contributed by atoms with Crippen molar-refractivity contribution in [3.63, 3.8) is 0 Å². The van der Waals surface area contributed by atoms with Gasteiger partial charge in [-0.1, -0.05) is 42.1 Å². The van der Waals surface area contributed by atoms with Crippen LogP contribution in [-0.4, -0.2) is 36.2 Å². The first-order valence-electron chi connectivity index (χ1n) is 9.10. The second-order valence-electron chi connectivity index (χ2n) is 6.96. The van der Waals surface area contributed by atoms with Gasteiger partial charge in [0.25, 0.3) is 0 Å². The molecule has 0 aliphatic carbocycles. The van der Waals surface area contributed by atoms with Crippen LogP contribution in [0.1, 0.15) is 34.1 Å². The third-order valence-electron chi connectivity index (χ3n) is 4.83. The van der Waals surface area contributed by atoms with Crippen molar-refractivity contribution in [3.8, 4) is 5.69 Å². The molecule has 4 rings (SSSR count). The molecule has 28 heavy (non-hydrogen) atoms. The molecule has 0 unspecified atom stereocenters. The minimum atomic E-state index is -0.326. The van der Waals surface area contributed by atoms with Crippen LogP contribution in [0.25, 0.3) is 16.6 Å². The van der Waals surface area contributed by atoms with Crippen LogP contribution in [0.15, 0.2) is 47.6 Å². The van der Waals surface area contributed by atoms with Crippen LogP contribution in [0.5, 0.6) is 0 Å². The molecule has 0 fully saturated rings. The normalized spacial score (nSPS) is 12.4. The standard InChI is InChI=1S/C21H21N5OS/c1-12-9-10-13(2)18(11-12)26-21(23-24-25-26)28-15(4)20(27)19-14(3)22-17-8-6-5-7-16(17)19/h5-11,15,22H,1-4H3/t15-/m1/s1. The Labute approximate surface area is 167 Å². The number of hydrogen-bond donors (Lipinski definition) is 1. The van der Waals surface area contributed by atoms with E-state index in [0.29, 0.717) is 5.16 Å². The largest absolute Gasteiger partial charge is 0.358 e. The number of thioether (sulfide) groups is 1. The SMILES string of the molecule is Cc1ccc(C)c(-n2nnnc2S[C@H](C)C(=O)c2c(C)[nH]c3ccccc23)c1. The quantitative estimate of drug-likeness (QED) is 0.402. The molecule has 0 aliphatic heterocycles. The van der Waals surface area contributed by atoms with E-state index in [4.69, 9.17) is 0 Å². The van der Waals surface area contributed by atoms with Crippen LogP contribution in [0.3, 0.4) is 0 Å². The minimum absolute atomic E-state index is 0.0652. The number of nitrogens with one attached hydrogen (secondary N) is 1. The Bertz CT molecular complexity index is 1180. The van der Waals surface area contributed by atoms with Crippen LogP contribution in [-0.2, 0) is 0 Å². The Morgan fingerprint density at radius 1 is 1.14 bits per heavy atom. The summed E-state index contributed by atoms with van der Waals surface area (Å²) in [6.45, 7) is 7.89. The van der Waals surface area contributed by atoms with E-state index >= 15 is 0 Å². The summed E-state index contributed by atoms with van der Waals surface area (Å²) in [5.74, 6) is 0.0652. The molecule has 0 spiro atoms. The molecule has 0 aliphatic rings. The lowest BCUT2D eigenvalue weighted by atomic mass is 10.1. The first-order valence-corrected chi connectivity index (χ1v) is 9.98. The monoisotopic (exact) mass is 391 g/mol. The average molecular weight is 392 g/mol. The summed E-state index contributed by atoms with van der Waals surface area (Å²) < 4.78 is 1.71. The van der Waals surface area contributed by atoms with E-state index in [-0.39, 0.29) is 11.0 Å². The van der Waals surface area contributed by atoms with Gasteiger partial charge in [-0.05, 0) is 61.4 Å². The summed E-state index contributed by atoms with van der Waals surface area (Å²) in [6, 6.07) is 14.0. The summed E-state index contributed by atoms with van der Waals surface area (Å²) >= 11 is 1.37. The molecule has 2 heterocycles. The number of para-hydroxylation sites is 1. The number of Topliss-reactive ketones (excluding diaryl/α,β-unsaturated/α-hetero) is 1. The van der Waals surface area contributed by atoms with E-state index in [2.05, 4.69) is 26.6 Å². The average Bonchev–Trinajstić information content (AvgIpc) is 3.26. The van der Waals surface area contributed by atoms with Gasteiger partial charge in [0.2, 0.25) is 5.16 Å². The third kappa shape index (κ3) is 3.22. The van der Waals surface area contributed by atoms with Crippen molar-refractivity contribution < 1.29 is 4.79 Å². The number of H-pyrrole nitrogens is 1. The number of hydrogen-bond acceptors (Lipinski definition) is 5. The van der Waals surface area contributed by atoms with Crippen LogP contribution in [0.4, 0.5) is 0 Å². The summed E-state index contributed by atoms with van der Waals surface area (Å²) in [5.41, 5.74) is 5.72.